The number of carbonyl (C=O) groups excluding carboxylic acids is 1. The Morgan fingerprint density at radius 3 is 2.83 bits per heavy atom. The standard InChI is InChI=1S/C16H15F3N4O/c17-16(18,19)13-7-8-20-15(22-13)21-10-14(24)23-9-3-5-11-4-1-2-6-12(11)23/h1-2,4,6-8H,3,5,9-10H2,(H,20,21,22). The van der Waals surface area contributed by atoms with E-state index in [1.165, 1.54) is 0 Å². The minimum absolute atomic E-state index is 0.171. The molecule has 0 atom stereocenters. The van der Waals surface area contributed by atoms with Crippen molar-refractivity contribution < 1.29 is 18.0 Å². The van der Waals surface area contributed by atoms with Crippen molar-refractivity contribution in [1.82, 2.24) is 9.97 Å². The van der Waals surface area contributed by atoms with Crippen LogP contribution in [-0.2, 0) is 17.4 Å². The molecule has 1 aliphatic rings. The number of anilines is 2. The van der Waals surface area contributed by atoms with E-state index in [1.54, 1.807) is 4.90 Å². The summed E-state index contributed by atoms with van der Waals surface area (Å²) in [6.07, 6.45) is -1.78. The van der Waals surface area contributed by atoms with Crippen LogP contribution in [0.3, 0.4) is 0 Å². The summed E-state index contributed by atoms with van der Waals surface area (Å²) >= 11 is 0. The molecule has 0 radical (unpaired) electrons. The van der Waals surface area contributed by atoms with Crippen LogP contribution < -0.4 is 10.2 Å². The summed E-state index contributed by atoms with van der Waals surface area (Å²) in [5.41, 5.74) is 0.892. The number of fused-ring (bicyclic) bond motifs is 1. The Hall–Kier alpha value is -2.64. The fourth-order valence-corrected chi connectivity index (χ4v) is 2.64. The lowest BCUT2D eigenvalue weighted by atomic mass is 10.0. The molecular formula is C16H15F3N4O. The molecule has 0 spiro atoms. The fraction of sp³-hybridized carbons (Fsp3) is 0.312. The average molecular weight is 336 g/mol. The Balaban J connectivity index is 1.69. The van der Waals surface area contributed by atoms with Crippen molar-refractivity contribution in [2.24, 2.45) is 0 Å². The summed E-state index contributed by atoms with van der Waals surface area (Å²) in [6, 6.07) is 8.40. The van der Waals surface area contributed by atoms with Gasteiger partial charge in [0, 0.05) is 18.4 Å². The number of alkyl halides is 3. The number of hydrogen-bond acceptors (Lipinski definition) is 4. The highest BCUT2D eigenvalue weighted by atomic mass is 19.4. The van der Waals surface area contributed by atoms with E-state index in [1.807, 2.05) is 24.3 Å². The summed E-state index contributed by atoms with van der Waals surface area (Å²) in [5, 5.41) is 2.57. The third kappa shape index (κ3) is 3.47. The van der Waals surface area contributed by atoms with Gasteiger partial charge in [0.1, 0.15) is 5.69 Å². The highest BCUT2D eigenvalue weighted by molar-refractivity contribution is 5.97. The van der Waals surface area contributed by atoms with E-state index in [0.29, 0.717) is 6.54 Å². The number of nitrogens with one attached hydrogen (secondary N) is 1. The maximum atomic E-state index is 12.6. The van der Waals surface area contributed by atoms with Crippen molar-refractivity contribution in [2.75, 3.05) is 23.3 Å². The second kappa shape index (κ2) is 6.46. The molecular weight excluding hydrogens is 321 g/mol. The van der Waals surface area contributed by atoms with Crippen LogP contribution in [-0.4, -0.2) is 29.0 Å². The molecule has 3 rings (SSSR count). The number of halogens is 3. The van der Waals surface area contributed by atoms with Crippen molar-refractivity contribution in [3.05, 3.63) is 47.8 Å². The smallest absolute Gasteiger partial charge is 0.345 e. The lowest BCUT2D eigenvalue weighted by molar-refractivity contribution is -0.141. The van der Waals surface area contributed by atoms with E-state index in [0.717, 1.165) is 36.4 Å². The first kappa shape index (κ1) is 16.2. The van der Waals surface area contributed by atoms with Gasteiger partial charge in [0.05, 0.1) is 6.54 Å². The maximum absolute atomic E-state index is 12.6. The summed E-state index contributed by atoms with van der Waals surface area (Å²) in [5.74, 6) is -0.452. The average Bonchev–Trinajstić information content (AvgIpc) is 2.58. The van der Waals surface area contributed by atoms with Gasteiger partial charge in [-0.1, -0.05) is 18.2 Å². The number of aryl methyl sites for hydroxylation is 1. The van der Waals surface area contributed by atoms with Crippen LogP contribution in [0.5, 0.6) is 0 Å². The quantitative estimate of drug-likeness (QED) is 0.936. The molecule has 2 heterocycles. The van der Waals surface area contributed by atoms with Crippen LogP contribution in [0.2, 0.25) is 0 Å². The molecule has 1 aromatic carbocycles. The number of amides is 1. The van der Waals surface area contributed by atoms with Crippen molar-refractivity contribution in [1.29, 1.82) is 0 Å². The van der Waals surface area contributed by atoms with Crippen molar-refractivity contribution in [3.63, 3.8) is 0 Å². The van der Waals surface area contributed by atoms with Crippen LogP contribution in [0.1, 0.15) is 17.7 Å². The number of benzene rings is 1. The SMILES string of the molecule is O=C(CNc1nccc(C(F)(F)F)n1)N1CCCc2ccccc21. The van der Waals surface area contributed by atoms with Gasteiger partial charge < -0.3 is 10.2 Å². The summed E-state index contributed by atoms with van der Waals surface area (Å²) < 4.78 is 37.9. The Morgan fingerprint density at radius 1 is 1.25 bits per heavy atom. The molecule has 0 fully saturated rings. The monoisotopic (exact) mass is 336 g/mol. The Kier molecular flexibility index (Phi) is 4.37. The molecule has 0 saturated carbocycles. The second-order valence-corrected chi connectivity index (χ2v) is 5.39. The number of rotatable bonds is 3. The van der Waals surface area contributed by atoms with Gasteiger partial charge in [0.25, 0.3) is 0 Å². The van der Waals surface area contributed by atoms with Gasteiger partial charge in [-0.2, -0.15) is 13.2 Å². The number of nitrogens with zero attached hydrogens (tertiary/aromatic N) is 3. The molecule has 0 aliphatic carbocycles. The van der Waals surface area contributed by atoms with E-state index in [4.69, 9.17) is 0 Å². The third-order valence-corrected chi connectivity index (χ3v) is 3.76. The highest BCUT2D eigenvalue weighted by Gasteiger charge is 2.32. The minimum atomic E-state index is -4.55. The molecule has 5 nitrogen and oxygen atoms in total. The fourth-order valence-electron chi connectivity index (χ4n) is 2.64. The zero-order valence-electron chi connectivity index (χ0n) is 12.7. The first-order chi connectivity index (χ1) is 11.4. The number of para-hydroxylation sites is 1. The van der Waals surface area contributed by atoms with Crippen molar-refractivity contribution >= 4 is 17.5 Å². The minimum Gasteiger partial charge on any atom is -0.345 e. The number of hydrogen-bond donors (Lipinski definition) is 1. The van der Waals surface area contributed by atoms with Gasteiger partial charge in [-0.15, -0.1) is 0 Å². The van der Waals surface area contributed by atoms with Crippen LogP contribution >= 0.6 is 0 Å². The first-order valence-electron chi connectivity index (χ1n) is 7.47. The summed E-state index contributed by atoms with van der Waals surface area (Å²) in [7, 11) is 0. The number of aromatic nitrogens is 2. The van der Waals surface area contributed by atoms with E-state index in [9.17, 15) is 18.0 Å². The van der Waals surface area contributed by atoms with Crippen molar-refractivity contribution in [3.8, 4) is 0 Å². The van der Waals surface area contributed by atoms with Crippen LogP contribution in [0.4, 0.5) is 24.8 Å². The molecule has 8 heteroatoms. The summed E-state index contributed by atoms with van der Waals surface area (Å²) in [4.78, 5) is 21.1. The predicted molar refractivity (Wildman–Crippen MR) is 82.6 cm³/mol. The molecule has 1 amide bonds. The molecule has 126 valence electrons. The van der Waals surface area contributed by atoms with E-state index in [2.05, 4.69) is 15.3 Å². The van der Waals surface area contributed by atoms with E-state index >= 15 is 0 Å². The molecule has 0 saturated heterocycles. The normalized spacial score (nSPS) is 14.2. The molecule has 2 aromatic rings. The van der Waals surface area contributed by atoms with Gasteiger partial charge in [0.15, 0.2) is 0 Å². The maximum Gasteiger partial charge on any atom is 0.433 e. The third-order valence-electron chi connectivity index (χ3n) is 3.76. The van der Waals surface area contributed by atoms with Crippen LogP contribution in [0.15, 0.2) is 36.5 Å². The zero-order chi connectivity index (χ0) is 17.2. The lowest BCUT2D eigenvalue weighted by Crippen LogP contribution is -2.39. The highest BCUT2D eigenvalue weighted by Crippen LogP contribution is 2.28. The van der Waals surface area contributed by atoms with Gasteiger partial charge in [-0.05, 0) is 30.5 Å². The molecule has 0 unspecified atom stereocenters. The molecule has 1 N–H and O–H groups in total. The van der Waals surface area contributed by atoms with Gasteiger partial charge in [-0.25, -0.2) is 9.97 Å². The van der Waals surface area contributed by atoms with E-state index < -0.39 is 11.9 Å². The van der Waals surface area contributed by atoms with E-state index in [-0.39, 0.29) is 18.4 Å². The second-order valence-electron chi connectivity index (χ2n) is 5.39. The van der Waals surface area contributed by atoms with Crippen LogP contribution in [0, 0.1) is 0 Å². The Morgan fingerprint density at radius 2 is 2.04 bits per heavy atom. The zero-order valence-corrected chi connectivity index (χ0v) is 12.7. The lowest BCUT2D eigenvalue weighted by Gasteiger charge is -2.29. The molecule has 1 aromatic heterocycles. The van der Waals surface area contributed by atoms with Gasteiger partial charge >= 0.3 is 6.18 Å². The molecule has 0 bridgehead atoms. The first-order valence-corrected chi connectivity index (χ1v) is 7.47. The number of carbonyl (C=O) groups is 1. The van der Waals surface area contributed by atoms with Crippen molar-refractivity contribution in [2.45, 2.75) is 19.0 Å². The predicted octanol–water partition coefficient (Wildman–Crippen LogP) is 2.89. The molecule has 1 aliphatic heterocycles. The topological polar surface area (TPSA) is 58.1 Å². The molecule has 24 heavy (non-hydrogen) atoms. The Labute approximate surface area is 136 Å². The summed E-state index contributed by atoms with van der Waals surface area (Å²) in [6.45, 7) is 0.413. The van der Waals surface area contributed by atoms with Gasteiger partial charge in [0.2, 0.25) is 11.9 Å². The van der Waals surface area contributed by atoms with Crippen LogP contribution in [0.25, 0.3) is 0 Å². The Bertz CT molecular complexity index is 748. The van der Waals surface area contributed by atoms with Gasteiger partial charge in [-0.3, -0.25) is 4.79 Å². The largest absolute Gasteiger partial charge is 0.433 e.